The highest BCUT2D eigenvalue weighted by atomic mass is 16.2. The van der Waals surface area contributed by atoms with Crippen molar-refractivity contribution in [3.05, 3.63) is 0 Å². The molecule has 4 nitrogen and oxygen atoms in total. The number of piperazine rings is 1. The highest BCUT2D eigenvalue weighted by molar-refractivity contribution is 5.97. The quantitative estimate of drug-likeness (QED) is 0.776. The van der Waals surface area contributed by atoms with E-state index in [4.69, 9.17) is 0 Å². The summed E-state index contributed by atoms with van der Waals surface area (Å²) in [6, 6.07) is -0.387. The van der Waals surface area contributed by atoms with Crippen LogP contribution in [0.15, 0.2) is 0 Å². The van der Waals surface area contributed by atoms with Gasteiger partial charge in [0.2, 0.25) is 11.8 Å². The zero-order valence-corrected chi connectivity index (χ0v) is 13.1. The normalized spacial score (nSPS) is 27.2. The van der Waals surface area contributed by atoms with Crippen molar-refractivity contribution in [3.8, 4) is 0 Å². The molecule has 2 fully saturated rings. The van der Waals surface area contributed by atoms with E-state index in [0.717, 1.165) is 51.6 Å². The number of amides is 2. The van der Waals surface area contributed by atoms with Gasteiger partial charge >= 0.3 is 0 Å². The topological polar surface area (TPSA) is 40.6 Å². The number of carbonyl (C=O) groups excluding carboxylic acids is 2. The fourth-order valence-corrected chi connectivity index (χ4v) is 3.45. The first-order valence-electron chi connectivity index (χ1n) is 8.17. The zero-order valence-electron chi connectivity index (χ0n) is 13.1. The molecule has 2 unspecified atom stereocenters. The van der Waals surface area contributed by atoms with Gasteiger partial charge in [-0.3, -0.25) is 9.59 Å². The molecule has 0 saturated carbocycles. The number of nitrogens with zero attached hydrogens (tertiary/aromatic N) is 2. The molecule has 114 valence electrons. The maximum Gasteiger partial charge on any atom is 0.246 e. The first-order valence-corrected chi connectivity index (χ1v) is 8.17. The number of rotatable bonds is 5. The lowest BCUT2D eigenvalue weighted by molar-refractivity contribution is -0.164. The average molecular weight is 280 g/mol. The van der Waals surface area contributed by atoms with Gasteiger partial charge in [0.15, 0.2) is 0 Å². The molecule has 2 saturated heterocycles. The van der Waals surface area contributed by atoms with Crippen molar-refractivity contribution in [2.24, 2.45) is 5.92 Å². The minimum absolute atomic E-state index is 0.168. The van der Waals surface area contributed by atoms with E-state index in [9.17, 15) is 9.59 Å². The van der Waals surface area contributed by atoms with Gasteiger partial charge in [-0.05, 0) is 44.4 Å². The summed E-state index contributed by atoms with van der Waals surface area (Å²) in [7, 11) is 0. The van der Waals surface area contributed by atoms with E-state index in [1.54, 1.807) is 0 Å². The van der Waals surface area contributed by atoms with E-state index in [-0.39, 0.29) is 23.9 Å². The van der Waals surface area contributed by atoms with Crippen LogP contribution >= 0.6 is 0 Å². The summed E-state index contributed by atoms with van der Waals surface area (Å²) in [6.45, 7) is 7.92. The summed E-state index contributed by atoms with van der Waals surface area (Å²) in [4.78, 5) is 29.0. The standard InChI is InChI=1S/C16H28N2O2/c1-4-13-15(19)18-10-6-5-9-14(18)16(20)17(13)11-7-8-12(2)3/h12-14H,4-11H2,1-3H3. The van der Waals surface area contributed by atoms with Gasteiger partial charge in [-0.25, -0.2) is 0 Å². The fourth-order valence-electron chi connectivity index (χ4n) is 3.45. The number of fused-ring (bicyclic) bond motifs is 1. The lowest BCUT2D eigenvalue weighted by Crippen LogP contribution is -2.65. The minimum atomic E-state index is -0.219. The van der Waals surface area contributed by atoms with Gasteiger partial charge in [0, 0.05) is 13.1 Å². The van der Waals surface area contributed by atoms with Crippen molar-refractivity contribution in [3.63, 3.8) is 0 Å². The number of piperidine rings is 1. The lowest BCUT2D eigenvalue weighted by atomic mass is 9.94. The maximum absolute atomic E-state index is 12.7. The lowest BCUT2D eigenvalue weighted by Gasteiger charge is -2.47. The second-order valence-corrected chi connectivity index (χ2v) is 6.53. The Morgan fingerprint density at radius 3 is 2.60 bits per heavy atom. The Balaban J connectivity index is 2.08. The highest BCUT2D eigenvalue weighted by Gasteiger charge is 2.45. The molecule has 2 atom stereocenters. The molecule has 2 heterocycles. The third-order valence-corrected chi connectivity index (χ3v) is 4.58. The largest absolute Gasteiger partial charge is 0.329 e. The molecule has 0 aromatic heterocycles. The Morgan fingerprint density at radius 2 is 1.95 bits per heavy atom. The summed E-state index contributed by atoms with van der Waals surface area (Å²) in [5, 5.41) is 0. The molecule has 0 aromatic rings. The van der Waals surface area contributed by atoms with Gasteiger partial charge in [0.1, 0.15) is 12.1 Å². The van der Waals surface area contributed by atoms with Crippen LogP contribution in [0.25, 0.3) is 0 Å². The van der Waals surface area contributed by atoms with Crippen molar-refractivity contribution in [1.29, 1.82) is 0 Å². The Bertz CT molecular complexity index is 367. The summed E-state index contributed by atoms with van der Waals surface area (Å²) in [5.74, 6) is 1.03. The van der Waals surface area contributed by atoms with Crippen LogP contribution in [-0.2, 0) is 9.59 Å². The van der Waals surface area contributed by atoms with Crippen LogP contribution in [-0.4, -0.2) is 46.8 Å². The van der Waals surface area contributed by atoms with E-state index >= 15 is 0 Å². The number of hydrogen-bond acceptors (Lipinski definition) is 2. The van der Waals surface area contributed by atoms with Crippen LogP contribution in [0.4, 0.5) is 0 Å². The molecule has 0 radical (unpaired) electrons. The summed E-state index contributed by atoms with van der Waals surface area (Å²) in [5.41, 5.74) is 0. The van der Waals surface area contributed by atoms with Gasteiger partial charge in [-0.2, -0.15) is 0 Å². The molecule has 2 rings (SSSR count). The van der Waals surface area contributed by atoms with Gasteiger partial charge in [-0.1, -0.05) is 20.8 Å². The van der Waals surface area contributed by atoms with Crippen molar-refractivity contribution in [2.45, 2.75) is 71.4 Å². The minimum Gasteiger partial charge on any atom is -0.329 e. The highest BCUT2D eigenvalue weighted by Crippen LogP contribution is 2.27. The van der Waals surface area contributed by atoms with E-state index in [1.807, 2.05) is 16.7 Å². The second-order valence-electron chi connectivity index (χ2n) is 6.53. The zero-order chi connectivity index (χ0) is 14.7. The fraction of sp³-hybridized carbons (Fsp3) is 0.875. The van der Waals surface area contributed by atoms with Crippen molar-refractivity contribution in [2.75, 3.05) is 13.1 Å². The molecular formula is C16H28N2O2. The SMILES string of the molecule is CCC1C(=O)N2CCCCC2C(=O)N1CCCC(C)C. The predicted octanol–water partition coefficient (Wildman–Crippen LogP) is 2.42. The van der Waals surface area contributed by atoms with Crippen LogP contribution in [0.5, 0.6) is 0 Å². The molecule has 0 bridgehead atoms. The number of hydrogen-bond donors (Lipinski definition) is 0. The smallest absolute Gasteiger partial charge is 0.246 e. The van der Waals surface area contributed by atoms with Crippen LogP contribution < -0.4 is 0 Å². The maximum atomic E-state index is 12.7. The van der Waals surface area contributed by atoms with Crippen LogP contribution in [0.2, 0.25) is 0 Å². The second kappa shape index (κ2) is 6.59. The molecule has 0 spiro atoms. The van der Waals surface area contributed by atoms with E-state index < -0.39 is 0 Å². The van der Waals surface area contributed by atoms with E-state index in [1.165, 1.54) is 0 Å². The number of carbonyl (C=O) groups is 2. The van der Waals surface area contributed by atoms with Gasteiger partial charge in [-0.15, -0.1) is 0 Å². The summed E-state index contributed by atoms with van der Waals surface area (Å²) < 4.78 is 0. The van der Waals surface area contributed by atoms with Crippen molar-refractivity contribution in [1.82, 2.24) is 9.80 Å². The van der Waals surface area contributed by atoms with Gasteiger partial charge < -0.3 is 9.80 Å². The molecule has 0 aromatic carbocycles. The van der Waals surface area contributed by atoms with Gasteiger partial charge in [0.05, 0.1) is 0 Å². The summed E-state index contributed by atoms with van der Waals surface area (Å²) in [6.07, 6.45) is 5.80. The Hall–Kier alpha value is -1.06. The van der Waals surface area contributed by atoms with E-state index in [0.29, 0.717) is 5.92 Å². The molecule has 4 heteroatoms. The monoisotopic (exact) mass is 280 g/mol. The van der Waals surface area contributed by atoms with Crippen LogP contribution in [0, 0.1) is 5.92 Å². The molecule has 0 aliphatic carbocycles. The Morgan fingerprint density at radius 1 is 1.20 bits per heavy atom. The first kappa shape index (κ1) is 15.3. The first-order chi connectivity index (χ1) is 9.56. The van der Waals surface area contributed by atoms with Crippen LogP contribution in [0.1, 0.15) is 59.3 Å². The summed E-state index contributed by atoms with van der Waals surface area (Å²) >= 11 is 0. The Kier molecular flexibility index (Phi) is 5.06. The molecular weight excluding hydrogens is 252 g/mol. The molecule has 20 heavy (non-hydrogen) atoms. The molecule has 0 N–H and O–H groups in total. The molecule has 2 amide bonds. The molecule has 2 aliphatic heterocycles. The Labute approximate surface area is 122 Å². The third-order valence-electron chi connectivity index (χ3n) is 4.58. The average Bonchev–Trinajstić information content (AvgIpc) is 2.44. The predicted molar refractivity (Wildman–Crippen MR) is 79.2 cm³/mol. The van der Waals surface area contributed by atoms with Gasteiger partial charge in [0.25, 0.3) is 0 Å². The molecule has 2 aliphatic rings. The van der Waals surface area contributed by atoms with Crippen molar-refractivity contribution < 1.29 is 9.59 Å². The third kappa shape index (κ3) is 2.99. The van der Waals surface area contributed by atoms with E-state index in [2.05, 4.69) is 13.8 Å². The van der Waals surface area contributed by atoms with Crippen molar-refractivity contribution >= 4 is 11.8 Å². The van der Waals surface area contributed by atoms with Crippen LogP contribution in [0.3, 0.4) is 0 Å².